The second-order valence-electron chi connectivity index (χ2n) is 5.86. The Hall–Kier alpha value is -3.41. The molecule has 7 nitrogen and oxygen atoms in total. The van der Waals surface area contributed by atoms with Gasteiger partial charge < -0.3 is 13.8 Å². The number of phosphoric ester groups is 1. The lowest BCUT2D eigenvalue weighted by atomic mass is 10.0. The summed E-state index contributed by atoms with van der Waals surface area (Å²) in [5.74, 6) is -1.23. The van der Waals surface area contributed by atoms with Crippen LogP contribution in [-0.2, 0) is 9.30 Å². The van der Waals surface area contributed by atoms with E-state index in [1.165, 1.54) is 37.4 Å². The minimum absolute atomic E-state index is 0.0787. The standard InChI is InChI=1S/C21H17O7P/c1-26-21(23)16-12-13-19(18(14-16)20(22)15-8-4-2-5-9-15)28-29(24,25)27-17-10-6-3-7-11-17/h2-14H,1H3,(H,24,25). The molecule has 0 spiro atoms. The van der Waals surface area contributed by atoms with Gasteiger partial charge >= 0.3 is 13.8 Å². The van der Waals surface area contributed by atoms with Crippen molar-refractivity contribution in [3.8, 4) is 11.5 Å². The van der Waals surface area contributed by atoms with Crippen molar-refractivity contribution in [1.82, 2.24) is 0 Å². The first-order valence-corrected chi connectivity index (χ1v) is 9.98. The number of para-hydroxylation sites is 1. The van der Waals surface area contributed by atoms with Crippen molar-refractivity contribution >= 4 is 19.6 Å². The van der Waals surface area contributed by atoms with Gasteiger partial charge in [0.15, 0.2) is 5.78 Å². The number of ether oxygens (including phenoxy) is 1. The van der Waals surface area contributed by atoms with Gasteiger partial charge in [0.1, 0.15) is 11.5 Å². The molecule has 0 fully saturated rings. The van der Waals surface area contributed by atoms with Crippen molar-refractivity contribution in [3.63, 3.8) is 0 Å². The van der Waals surface area contributed by atoms with Crippen molar-refractivity contribution in [2.45, 2.75) is 0 Å². The molecule has 0 aliphatic heterocycles. The number of methoxy groups -OCH3 is 1. The molecule has 148 valence electrons. The molecule has 3 rings (SSSR count). The molecule has 1 N–H and O–H groups in total. The summed E-state index contributed by atoms with van der Waals surface area (Å²) in [5.41, 5.74) is 0.331. The van der Waals surface area contributed by atoms with Crippen LogP contribution in [-0.4, -0.2) is 23.8 Å². The van der Waals surface area contributed by atoms with Crippen LogP contribution in [0.5, 0.6) is 11.5 Å². The molecule has 0 aliphatic rings. The molecule has 1 atom stereocenters. The summed E-state index contributed by atoms with van der Waals surface area (Å²) in [6, 6.07) is 20.0. The molecular formula is C21H17O7P. The Kier molecular flexibility index (Phi) is 6.12. The zero-order chi connectivity index (χ0) is 20.9. The predicted molar refractivity (Wildman–Crippen MR) is 105 cm³/mol. The maximum absolute atomic E-state index is 12.9. The van der Waals surface area contributed by atoms with Gasteiger partial charge in [-0.15, -0.1) is 0 Å². The highest BCUT2D eigenvalue weighted by Gasteiger charge is 2.28. The minimum Gasteiger partial charge on any atom is -0.465 e. The van der Waals surface area contributed by atoms with Gasteiger partial charge in [0.25, 0.3) is 0 Å². The van der Waals surface area contributed by atoms with Crippen LogP contribution in [0.3, 0.4) is 0 Å². The van der Waals surface area contributed by atoms with E-state index < -0.39 is 19.6 Å². The summed E-state index contributed by atoms with van der Waals surface area (Å²) in [6.07, 6.45) is 0. The van der Waals surface area contributed by atoms with Crippen LogP contribution in [0.25, 0.3) is 0 Å². The maximum atomic E-state index is 12.9. The van der Waals surface area contributed by atoms with E-state index in [0.29, 0.717) is 5.56 Å². The Morgan fingerprint density at radius 3 is 2.07 bits per heavy atom. The van der Waals surface area contributed by atoms with E-state index >= 15 is 0 Å². The number of carbonyl (C=O) groups excluding carboxylic acids is 2. The first-order valence-electron chi connectivity index (χ1n) is 8.49. The Morgan fingerprint density at radius 1 is 0.828 bits per heavy atom. The lowest BCUT2D eigenvalue weighted by Gasteiger charge is -2.16. The quantitative estimate of drug-likeness (QED) is 0.352. The fourth-order valence-corrected chi connectivity index (χ4v) is 3.37. The second-order valence-corrected chi connectivity index (χ2v) is 7.16. The fourth-order valence-electron chi connectivity index (χ4n) is 2.53. The van der Waals surface area contributed by atoms with Gasteiger partial charge in [-0.3, -0.25) is 9.69 Å². The monoisotopic (exact) mass is 412 g/mol. The zero-order valence-corrected chi connectivity index (χ0v) is 16.2. The molecule has 0 aliphatic carbocycles. The highest BCUT2D eigenvalue weighted by atomic mass is 31.2. The van der Waals surface area contributed by atoms with Crippen LogP contribution >= 0.6 is 7.82 Å². The molecule has 0 heterocycles. The molecule has 0 amide bonds. The van der Waals surface area contributed by atoms with E-state index in [1.807, 2.05) is 0 Å². The highest BCUT2D eigenvalue weighted by molar-refractivity contribution is 7.48. The van der Waals surface area contributed by atoms with Gasteiger partial charge in [-0.25, -0.2) is 9.36 Å². The third-order valence-corrected chi connectivity index (χ3v) is 4.73. The van der Waals surface area contributed by atoms with Crippen LogP contribution < -0.4 is 9.05 Å². The number of benzene rings is 3. The van der Waals surface area contributed by atoms with Crippen LogP contribution in [0.15, 0.2) is 78.9 Å². The molecule has 3 aromatic rings. The van der Waals surface area contributed by atoms with E-state index in [1.54, 1.807) is 48.5 Å². The van der Waals surface area contributed by atoms with E-state index in [4.69, 9.17) is 9.05 Å². The Bertz CT molecular complexity index is 1060. The van der Waals surface area contributed by atoms with E-state index in [9.17, 15) is 19.0 Å². The number of ketones is 1. The fraction of sp³-hybridized carbons (Fsp3) is 0.0476. The van der Waals surface area contributed by atoms with E-state index in [-0.39, 0.29) is 22.6 Å². The molecular weight excluding hydrogens is 395 g/mol. The zero-order valence-electron chi connectivity index (χ0n) is 15.3. The number of hydrogen-bond acceptors (Lipinski definition) is 6. The summed E-state index contributed by atoms with van der Waals surface area (Å²) in [5, 5.41) is 0. The first-order chi connectivity index (χ1) is 13.9. The van der Waals surface area contributed by atoms with Crippen LogP contribution in [0.2, 0.25) is 0 Å². The normalized spacial score (nSPS) is 12.5. The Labute approximate surface area is 167 Å². The molecule has 29 heavy (non-hydrogen) atoms. The largest absolute Gasteiger partial charge is 0.584 e. The molecule has 0 bridgehead atoms. The minimum atomic E-state index is -4.61. The molecule has 0 saturated carbocycles. The molecule has 0 aromatic heterocycles. The number of phosphoric acid groups is 1. The van der Waals surface area contributed by atoms with Gasteiger partial charge in [0.05, 0.1) is 18.2 Å². The molecule has 1 unspecified atom stereocenters. The number of carbonyl (C=O) groups is 2. The summed E-state index contributed by atoms with van der Waals surface area (Å²) < 4.78 is 27.3. The summed E-state index contributed by atoms with van der Waals surface area (Å²) in [6.45, 7) is 0. The summed E-state index contributed by atoms with van der Waals surface area (Å²) >= 11 is 0. The number of hydrogen-bond donors (Lipinski definition) is 1. The third-order valence-electron chi connectivity index (χ3n) is 3.86. The van der Waals surface area contributed by atoms with Crippen LogP contribution in [0, 0.1) is 0 Å². The number of esters is 1. The van der Waals surface area contributed by atoms with Gasteiger partial charge in [-0.1, -0.05) is 48.5 Å². The smallest absolute Gasteiger partial charge is 0.465 e. The van der Waals surface area contributed by atoms with Crippen LogP contribution in [0.4, 0.5) is 0 Å². The van der Waals surface area contributed by atoms with Crippen molar-refractivity contribution in [2.24, 2.45) is 0 Å². The Balaban J connectivity index is 1.98. The van der Waals surface area contributed by atoms with Crippen molar-refractivity contribution in [3.05, 3.63) is 95.6 Å². The molecule has 3 aromatic carbocycles. The molecule has 0 saturated heterocycles. The van der Waals surface area contributed by atoms with Crippen molar-refractivity contribution in [1.29, 1.82) is 0 Å². The molecule has 0 radical (unpaired) electrons. The van der Waals surface area contributed by atoms with Gasteiger partial charge in [0, 0.05) is 5.56 Å². The van der Waals surface area contributed by atoms with Gasteiger partial charge in [-0.05, 0) is 30.3 Å². The summed E-state index contributed by atoms with van der Waals surface area (Å²) in [4.78, 5) is 34.9. The average molecular weight is 412 g/mol. The predicted octanol–water partition coefficient (Wildman–Crippen LogP) is 4.26. The Morgan fingerprint density at radius 2 is 1.45 bits per heavy atom. The topological polar surface area (TPSA) is 99.1 Å². The van der Waals surface area contributed by atoms with Crippen molar-refractivity contribution < 1.29 is 32.8 Å². The lowest BCUT2D eigenvalue weighted by molar-refractivity contribution is 0.0600. The second kappa shape index (κ2) is 8.73. The van der Waals surface area contributed by atoms with Gasteiger partial charge in [0.2, 0.25) is 0 Å². The number of rotatable bonds is 7. The van der Waals surface area contributed by atoms with E-state index in [2.05, 4.69) is 4.74 Å². The lowest BCUT2D eigenvalue weighted by Crippen LogP contribution is -2.09. The third kappa shape index (κ3) is 5.10. The average Bonchev–Trinajstić information content (AvgIpc) is 2.73. The van der Waals surface area contributed by atoms with Crippen molar-refractivity contribution in [2.75, 3.05) is 7.11 Å². The van der Waals surface area contributed by atoms with Gasteiger partial charge in [-0.2, -0.15) is 0 Å². The van der Waals surface area contributed by atoms with E-state index in [0.717, 1.165) is 0 Å². The maximum Gasteiger partial charge on any atom is 0.584 e. The van der Waals surface area contributed by atoms with Crippen LogP contribution in [0.1, 0.15) is 26.3 Å². The highest BCUT2D eigenvalue weighted by Crippen LogP contribution is 2.45. The SMILES string of the molecule is COC(=O)c1ccc(OP(=O)(O)Oc2ccccc2)c(C(=O)c2ccccc2)c1. The summed E-state index contributed by atoms with van der Waals surface area (Å²) in [7, 11) is -3.40. The molecule has 8 heteroatoms. The first kappa shape index (κ1) is 20.3.